The van der Waals surface area contributed by atoms with E-state index in [-0.39, 0.29) is 5.78 Å². The van der Waals surface area contributed by atoms with Crippen molar-refractivity contribution in [2.24, 2.45) is 4.99 Å². The molecule has 1 aliphatic heterocycles. The molecule has 0 aromatic carbocycles. The highest BCUT2D eigenvalue weighted by Crippen LogP contribution is 2.25. The molecule has 1 heterocycles. The summed E-state index contributed by atoms with van der Waals surface area (Å²) in [6.07, 6.45) is 4.63. The summed E-state index contributed by atoms with van der Waals surface area (Å²) in [6.45, 7) is 8.53. The van der Waals surface area contributed by atoms with Gasteiger partial charge in [-0.15, -0.1) is 0 Å². The van der Waals surface area contributed by atoms with Gasteiger partial charge in [0.25, 0.3) is 0 Å². The van der Waals surface area contributed by atoms with Crippen LogP contribution < -0.4 is 5.43 Å². The van der Waals surface area contributed by atoms with E-state index < -0.39 is 5.66 Å². The van der Waals surface area contributed by atoms with Gasteiger partial charge in [-0.1, -0.05) is 26.7 Å². The van der Waals surface area contributed by atoms with Crippen molar-refractivity contribution >= 4 is 11.7 Å². The second kappa shape index (κ2) is 6.85. The fraction of sp³-hybridized carbons (Fsp3) is 0.846. The number of rotatable bonds is 8. The Morgan fingerprint density at radius 2 is 2.11 bits per heavy atom. The number of ketones is 1. The van der Waals surface area contributed by atoms with Crippen molar-refractivity contribution < 1.29 is 9.63 Å². The maximum absolute atomic E-state index is 12.3. The molecule has 1 unspecified atom stereocenters. The van der Waals surface area contributed by atoms with Gasteiger partial charge in [0.2, 0.25) is 11.6 Å². The predicted octanol–water partition coefficient (Wildman–Crippen LogP) is 2.43. The lowest BCUT2D eigenvalue weighted by Gasteiger charge is -2.29. The summed E-state index contributed by atoms with van der Waals surface area (Å²) in [5.74, 6) is 0.640. The Balaban J connectivity index is 2.63. The highest BCUT2D eigenvalue weighted by Gasteiger charge is 2.45. The zero-order valence-electron chi connectivity index (χ0n) is 12.0. The van der Waals surface area contributed by atoms with E-state index in [1.54, 1.807) is 13.8 Å². The number of nitrogens with one attached hydrogen (secondary N) is 1. The van der Waals surface area contributed by atoms with E-state index in [2.05, 4.69) is 24.3 Å². The molecule has 0 fully saturated rings. The van der Waals surface area contributed by atoms with Crippen LogP contribution in [0, 0.1) is 0 Å². The summed E-state index contributed by atoms with van der Waals surface area (Å²) >= 11 is 0. The van der Waals surface area contributed by atoms with Gasteiger partial charge in [0.1, 0.15) is 0 Å². The molecule has 1 aliphatic rings. The van der Waals surface area contributed by atoms with Gasteiger partial charge in [0.15, 0.2) is 5.78 Å². The van der Waals surface area contributed by atoms with Gasteiger partial charge in [0, 0.05) is 19.9 Å². The first-order valence-corrected chi connectivity index (χ1v) is 6.86. The minimum Gasteiger partial charge on any atom is -0.373 e. The highest BCUT2D eigenvalue weighted by atomic mass is 16.7. The number of hydrogen-bond acceptors (Lipinski definition) is 5. The molecule has 0 aromatic rings. The van der Waals surface area contributed by atoms with Crippen LogP contribution in [0.5, 0.6) is 0 Å². The number of hydroxylamine groups is 1. The van der Waals surface area contributed by atoms with Crippen molar-refractivity contribution in [1.29, 1.82) is 0 Å². The van der Waals surface area contributed by atoms with Crippen LogP contribution in [0.2, 0.25) is 0 Å². The number of hydrogen-bond donors (Lipinski definition) is 1. The lowest BCUT2D eigenvalue weighted by molar-refractivity contribution is -0.178. The second-order valence-electron chi connectivity index (χ2n) is 4.83. The number of aliphatic imine (C=N–C) groups is 1. The smallest absolute Gasteiger partial charge is 0.220 e. The van der Waals surface area contributed by atoms with Gasteiger partial charge in [-0.2, -0.15) is 0 Å². The number of nitrogens with zero attached hydrogens (tertiary/aromatic N) is 2. The Kier molecular flexibility index (Phi) is 5.75. The van der Waals surface area contributed by atoms with E-state index in [9.17, 15) is 4.79 Å². The van der Waals surface area contributed by atoms with Gasteiger partial charge in [-0.3, -0.25) is 4.79 Å². The van der Waals surface area contributed by atoms with E-state index in [0.29, 0.717) is 12.3 Å². The number of carbonyl (C=O) groups is 1. The maximum atomic E-state index is 12.3. The van der Waals surface area contributed by atoms with Crippen molar-refractivity contribution in [3.8, 4) is 0 Å². The molecule has 104 valence electrons. The largest absolute Gasteiger partial charge is 0.373 e. The Bertz CT molecular complexity index is 317. The molecular weight excluding hydrogens is 230 g/mol. The Hall–Kier alpha value is -0.940. The standard InChI is InChI=1S/C13H25N3O2/c1-5-7-8-9-12(17)13(4)15-11(3)18-16(13)14-10-6-2/h14H,5-10H2,1-4H3. The number of hydrazine groups is 1. The molecular formula is C13H25N3O2. The summed E-state index contributed by atoms with van der Waals surface area (Å²) in [7, 11) is 0. The van der Waals surface area contributed by atoms with Gasteiger partial charge >= 0.3 is 0 Å². The Labute approximate surface area is 110 Å². The lowest BCUT2D eigenvalue weighted by Crippen LogP contribution is -2.54. The monoisotopic (exact) mass is 255 g/mol. The summed E-state index contributed by atoms with van der Waals surface area (Å²) in [4.78, 5) is 22.1. The van der Waals surface area contributed by atoms with E-state index >= 15 is 0 Å². The van der Waals surface area contributed by atoms with E-state index in [1.807, 2.05) is 0 Å². The fourth-order valence-electron chi connectivity index (χ4n) is 1.94. The van der Waals surface area contributed by atoms with Crippen LogP contribution in [-0.2, 0) is 9.63 Å². The summed E-state index contributed by atoms with van der Waals surface area (Å²) in [5.41, 5.74) is 2.19. The van der Waals surface area contributed by atoms with Crippen molar-refractivity contribution in [3.05, 3.63) is 0 Å². The average molecular weight is 255 g/mol. The third kappa shape index (κ3) is 3.53. The molecule has 1 N–H and O–H groups in total. The third-order valence-electron chi connectivity index (χ3n) is 3.04. The summed E-state index contributed by atoms with van der Waals surface area (Å²) in [5, 5.41) is 1.50. The van der Waals surface area contributed by atoms with Crippen LogP contribution in [0.15, 0.2) is 4.99 Å². The van der Waals surface area contributed by atoms with Gasteiger partial charge in [-0.25, -0.2) is 10.4 Å². The van der Waals surface area contributed by atoms with Gasteiger partial charge in [-0.05, 0) is 24.9 Å². The average Bonchev–Trinajstić information content (AvgIpc) is 2.63. The quantitative estimate of drug-likeness (QED) is 0.677. The Morgan fingerprint density at radius 3 is 2.72 bits per heavy atom. The van der Waals surface area contributed by atoms with E-state index in [1.165, 1.54) is 5.17 Å². The zero-order chi connectivity index (χ0) is 13.6. The molecule has 5 heteroatoms. The molecule has 1 atom stereocenters. The van der Waals surface area contributed by atoms with Crippen LogP contribution in [0.25, 0.3) is 0 Å². The van der Waals surface area contributed by atoms with Crippen molar-refractivity contribution in [2.45, 2.75) is 65.5 Å². The maximum Gasteiger partial charge on any atom is 0.220 e. The van der Waals surface area contributed by atoms with Crippen LogP contribution in [0.3, 0.4) is 0 Å². The molecule has 0 spiro atoms. The molecule has 0 saturated heterocycles. The van der Waals surface area contributed by atoms with Crippen LogP contribution >= 0.6 is 0 Å². The molecule has 0 amide bonds. The lowest BCUT2D eigenvalue weighted by atomic mass is 10.0. The van der Waals surface area contributed by atoms with Gasteiger partial charge < -0.3 is 4.84 Å². The first kappa shape index (κ1) is 15.1. The summed E-state index contributed by atoms with van der Waals surface area (Å²) < 4.78 is 0. The molecule has 5 nitrogen and oxygen atoms in total. The molecule has 0 aliphatic carbocycles. The number of carbonyl (C=O) groups excluding carboxylic acids is 1. The van der Waals surface area contributed by atoms with Gasteiger partial charge in [0.05, 0.1) is 0 Å². The fourth-order valence-corrected chi connectivity index (χ4v) is 1.94. The van der Waals surface area contributed by atoms with Crippen molar-refractivity contribution in [3.63, 3.8) is 0 Å². The third-order valence-corrected chi connectivity index (χ3v) is 3.04. The second-order valence-corrected chi connectivity index (χ2v) is 4.83. The van der Waals surface area contributed by atoms with Crippen molar-refractivity contribution in [1.82, 2.24) is 10.6 Å². The van der Waals surface area contributed by atoms with Crippen molar-refractivity contribution in [2.75, 3.05) is 6.54 Å². The normalized spacial score (nSPS) is 23.9. The topological polar surface area (TPSA) is 53.9 Å². The minimum absolute atomic E-state index is 0.108. The molecule has 0 saturated carbocycles. The van der Waals surface area contributed by atoms with E-state index in [4.69, 9.17) is 4.84 Å². The molecule has 18 heavy (non-hydrogen) atoms. The highest BCUT2D eigenvalue weighted by molar-refractivity contribution is 5.91. The van der Waals surface area contributed by atoms with Crippen LogP contribution in [0.4, 0.5) is 0 Å². The van der Waals surface area contributed by atoms with Crippen LogP contribution in [-0.4, -0.2) is 29.1 Å². The molecule has 0 radical (unpaired) electrons. The Morgan fingerprint density at radius 1 is 1.39 bits per heavy atom. The predicted molar refractivity (Wildman–Crippen MR) is 71.9 cm³/mol. The van der Waals surface area contributed by atoms with Crippen LogP contribution in [0.1, 0.15) is 59.8 Å². The molecule has 0 bridgehead atoms. The number of unbranched alkanes of at least 4 members (excludes halogenated alkanes) is 2. The first-order valence-electron chi connectivity index (χ1n) is 6.86. The van der Waals surface area contributed by atoms with E-state index in [0.717, 1.165) is 32.2 Å². The first-order chi connectivity index (χ1) is 8.54. The molecule has 0 aromatic heterocycles. The number of Topliss-reactive ketones (excluding diaryl/α,β-unsaturated/α-hetero) is 1. The molecule has 1 rings (SSSR count). The summed E-state index contributed by atoms with van der Waals surface area (Å²) in [6, 6.07) is 0. The zero-order valence-corrected chi connectivity index (χ0v) is 12.0. The minimum atomic E-state index is -0.910. The SMILES string of the molecule is CCCCCC(=O)C1(C)N=C(C)ON1NCCC.